The molecule has 2 N–H and O–H groups in total. The summed E-state index contributed by atoms with van der Waals surface area (Å²) in [6.45, 7) is 23.2. The molecular weight excluding hydrogens is 596 g/mol. The summed E-state index contributed by atoms with van der Waals surface area (Å²) in [5, 5.41) is 21.9. The van der Waals surface area contributed by atoms with Gasteiger partial charge in [0.1, 0.15) is 19.8 Å². The number of hydrogen-bond acceptors (Lipinski definition) is 8. The van der Waals surface area contributed by atoms with Crippen molar-refractivity contribution < 1.29 is 38.7 Å². The van der Waals surface area contributed by atoms with Gasteiger partial charge in [0.2, 0.25) is 0 Å². The van der Waals surface area contributed by atoms with Crippen molar-refractivity contribution in [2.75, 3.05) is 19.8 Å². The van der Waals surface area contributed by atoms with E-state index >= 15 is 0 Å². The van der Waals surface area contributed by atoms with Crippen molar-refractivity contribution in [3.8, 4) is 0 Å². The van der Waals surface area contributed by atoms with E-state index in [2.05, 4.69) is 55.4 Å². The Morgan fingerprint density at radius 3 is 2.17 bits per heavy atom. The molecule has 8 nitrogen and oxygen atoms in total. The number of rotatable bonds is 17. The molecule has 0 amide bonds. The van der Waals surface area contributed by atoms with Gasteiger partial charge in [0.25, 0.3) is 0 Å². The third-order valence-corrected chi connectivity index (χ3v) is 13.0. The predicted octanol–water partition coefficient (Wildman–Crippen LogP) is 8.12. The fourth-order valence-corrected chi connectivity index (χ4v) is 8.45. The van der Waals surface area contributed by atoms with E-state index in [0.29, 0.717) is 25.2 Å². The molecule has 0 aromatic rings. The lowest BCUT2D eigenvalue weighted by Crippen LogP contribution is -2.52. The van der Waals surface area contributed by atoms with Gasteiger partial charge in [-0.3, -0.25) is 9.59 Å². The van der Waals surface area contributed by atoms with Crippen molar-refractivity contribution in [2.24, 2.45) is 39.4 Å². The average Bonchev–Trinajstić information content (AvgIpc) is 2.98. The summed E-state index contributed by atoms with van der Waals surface area (Å²) in [6.07, 6.45) is 7.36. The fraction of sp³-hybridized carbons (Fsp3) is 0.897. The van der Waals surface area contributed by atoms with E-state index in [0.717, 1.165) is 51.4 Å². The van der Waals surface area contributed by atoms with Crippen LogP contribution in [-0.4, -0.2) is 60.2 Å². The van der Waals surface area contributed by atoms with Crippen molar-refractivity contribution in [1.29, 1.82) is 0 Å². The molecule has 0 saturated heterocycles. The van der Waals surface area contributed by atoms with Crippen LogP contribution in [0.5, 0.6) is 0 Å². The molecule has 1 saturated carbocycles. The van der Waals surface area contributed by atoms with Crippen molar-refractivity contribution in [3.05, 3.63) is 11.1 Å². The van der Waals surface area contributed by atoms with Crippen LogP contribution in [0.15, 0.2) is 11.1 Å². The first kappa shape index (κ1) is 40.0. The van der Waals surface area contributed by atoms with Gasteiger partial charge in [-0.25, -0.2) is 0 Å². The molecule has 1 fully saturated rings. The maximum atomic E-state index is 13.5. The van der Waals surface area contributed by atoms with E-state index in [1.54, 1.807) is 5.57 Å². The van der Waals surface area contributed by atoms with E-state index in [1.165, 1.54) is 5.57 Å². The average molecular weight is 665 g/mol. The summed E-state index contributed by atoms with van der Waals surface area (Å²) in [7, 11) is 0. The molecule has 47 heavy (non-hydrogen) atoms. The molecule has 0 aromatic heterocycles. The lowest BCUT2D eigenvalue weighted by molar-refractivity contribution is -0.254. The van der Waals surface area contributed by atoms with Gasteiger partial charge in [0.05, 0.1) is 16.9 Å². The molecule has 0 aliphatic heterocycles. The Kier molecular flexibility index (Phi) is 13.3. The van der Waals surface area contributed by atoms with Crippen LogP contribution in [0.2, 0.25) is 0 Å². The lowest BCUT2D eigenvalue weighted by Gasteiger charge is -2.54. The maximum Gasteiger partial charge on any atom is 0.312 e. The summed E-state index contributed by atoms with van der Waals surface area (Å²) in [4.78, 5) is 26.7. The van der Waals surface area contributed by atoms with E-state index in [9.17, 15) is 19.8 Å². The zero-order valence-corrected chi connectivity index (χ0v) is 31.6. The molecule has 3 rings (SSSR count). The topological polar surface area (TPSA) is 112 Å². The standard InChI is InChI=1S/C39H68O8/c1-12-35(4,5)25-39(11,36(6,7)13-2)34(43)45-21-20-44-32(41)28-16-14-15-17-29(28)33(42)46-24-31(40)47-37(8,9)38(10)23-26(3)22-27-18-19-30(27)38/h26,28-29,31,33,40,42H,12-25H2,1-11H3. The van der Waals surface area contributed by atoms with Crippen LogP contribution < -0.4 is 0 Å². The Balaban J connectivity index is 1.52. The Bertz CT molecular complexity index is 1110. The molecule has 7 unspecified atom stereocenters. The second kappa shape index (κ2) is 15.6. The minimum absolute atomic E-state index is 0.0155. The van der Waals surface area contributed by atoms with Gasteiger partial charge in [-0.2, -0.15) is 0 Å². The van der Waals surface area contributed by atoms with Gasteiger partial charge in [-0.1, -0.05) is 85.8 Å². The highest BCUT2D eigenvalue weighted by molar-refractivity contribution is 5.77. The summed E-state index contributed by atoms with van der Waals surface area (Å²) in [5.41, 5.74) is 1.27. The van der Waals surface area contributed by atoms with E-state index in [-0.39, 0.29) is 42.0 Å². The molecule has 0 aromatic carbocycles. The monoisotopic (exact) mass is 664 g/mol. The zero-order valence-electron chi connectivity index (χ0n) is 31.6. The van der Waals surface area contributed by atoms with Crippen molar-refractivity contribution in [1.82, 2.24) is 0 Å². The number of ether oxygens (including phenoxy) is 4. The van der Waals surface area contributed by atoms with Gasteiger partial charge in [-0.05, 0) is 88.9 Å². The molecule has 0 heterocycles. The molecule has 3 aliphatic rings. The van der Waals surface area contributed by atoms with Crippen LogP contribution in [0, 0.1) is 39.4 Å². The van der Waals surface area contributed by atoms with Crippen LogP contribution in [0.4, 0.5) is 0 Å². The number of carbonyl (C=O) groups excluding carboxylic acids is 2. The predicted molar refractivity (Wildman–Crippen MR) is 184 cm³/mol. The summed E-state index contributed by atoms with van der Waals surface area (Å²) < 4.78 is 23.3. The summed E-state index contributed by atoms with van der Waals surface area (Å²) in [6, 6.07) is 0. The highest BCUT2D eigenvalue weighted by atomic mass is 16.7. The Labute approximate surface area is 285 Å². The van der Waals surface area contributed by atoms with E-state index < -0.39 is 41.4 Å². The largest absolute Gasteiger partial charge is 0.462 e. The molecule has 3 aliphatic carbocycles. The lowest BCUT2D eigenvalue weighted by atomic mass is 9.55. The van der Waals surface area contributed by atoms with Crippen LogP contribution in [-0.2, 0) is 28.5 Å². The Morgan fingerprint density at radius 1 is 0.936 bits per heavy atom. The first-order valence-electron chi connectivity index (χ1n) is 18.4. The molecule has 272 valence electrons. The van der Waals surface area contributed by atoms with E-state index in [4.69, 9.17) is 18.9 Å². The number of aliphatic hydroxyl groups is 2. The second-order valence-corrected chi connectivity index (χ2v) is 17.4. The minimum Gasteiger partial charge on any atom is -0.462 e. The molecule has 8 heteroatoms. The van der Waals surface area contributed by atoms with Gasteiger partial charge in [-0.15, -0.1) is 0 Å². The number of allylic oxidation sites excluding steroid dienone is 1. The van der Waals surface area contributed by atoms with Crippen LogP contribution in [0.1, 0.15) is 147 Å². The third kappa shape index (κ3) is 9.01. The first-order chi connectivity index (χ1) is 21.7. The number of esters is 2. The van der Waals surface area contributed by atoms with Crippen LogP contribution in [0.3, 0.4) is 0 Å². The summed E-state index contributed by atoms with van der Waals surface area (Å²) >= 11 is 0. The number of aliphatic hydroxyl groups excluding tert-OH is 2. The normalized spacial score (nSPS) is 28.1. The molecule has 0 radical (unpaired) electrons. The zero-order chi connectivity index (χ0) is 35.4. The SMILES string of the molecule is CCC(C)(C)CC(C)(C(=O)OCCOC(=O)C1CCCCC1C(O)OCC(O)OC(C)(C)C1(C)CC(C)CC2=C1CC2)C(C)(C)CC. The highest BCUT2D eigenvalue weighted by Crippen LogP contribution is 2.57. The number of carbonyl (C=O) groups is 2. The first-order valence-corrected chi connectivity index (χ1v) is 18.4. The van der Waals surface area contributed by atoms with Gasteiger partial charge >= 0.3 is 11.9 Å². The van der Waals surface area contributed by atoms with Gasteiger partial charge in [0, 0.05) is 11.3 Å². The Morgan fingerprint density at radius 2 is 1.57 bits per heavy atom. The van der Waals surface area contributed by atoms with Crippen molar-refractivity contribution >= 4 is 11.9 Å². The van der Waals surface area contributed by atoms with Crippen molar-refractivity contribution in [3.63, 3.8) is 0 Å². The smallest absolute Gasteiger partial charge is 0.312 e. The minimum atomic E-state index is -1.24. The van der Waals surface area contributed by atoms with Crippen molar-refractivity contribution in [2.45, 2.75) is 165 Å². The third-order valence-electron chi connectivity index (χ3n) is 13.0. The van der Waals surface area contributed by atoms with Crippen LogP contribution in [0.25, 0.3) is 0 Å². The van der Waals surface area contributed by atoms with Crippen LogP contribution >= 0.6 is 0 Å². The van der Waals surface area contributed by atoms with Gasteiger partial charge in [0.15, 0.2) is 12.6 Å². The fourth-order valence-electron chi connectivity index (χ4n) is 8.45. The molecule has 0 spiro atoms. The second-order valence-electron chi connectivity index (χ2n) is 17.4. The molecule has 7 atom stereocenters. The van der Waals surface area contributed by atoms with Gasteiger partial charge < -0.3 is 29.2 Å². The molecular formula is C39H68O8. The maximum absolute atomic E-state index is 13.5. The molecule has 0 bridgehead atoms. The summed E-state index contributed by atoms with van der Waals surface area (Å²) in [5.74, 6) is -1.10. The highest BCUT2D eigenvalue weighted by Gasteiger charge is 2.52. The van der Waals surface area contributed by atoms with E-state index in [1.807, 2.05) is 20.8 Å². The quantitative estimate of drug-likeness (QED) is 0.0694. The number of hydrogen-bond donors (Lipinski definition) is 2. The Hall–Kier alpha value is -1.48.